The molecule has 1 aliphatic carbocycles. The van der Waals surface area contributed by atoms with Crippen LogP contribution < -0.4 is 0 Å². The molecule has 4 heteroatoms. The summed E-state index contributed by atoms with van der Waals surface area (Å²) in [6.45, 7) is 4.10. The molecular formula is C17H19ClN2O. The minimum absolute atomic E-state index is 0.370. The Hall–Kier alpha value is -1.61. The highest BCUT2D eigenvalue weighted by Crippen LogP contribution is 2.37. The number of nitrogens with zero attached hydrogens (tertiary/aromatic N) is 2. The Balaban J connectivity index is 2.12. The highest BCUT2D eigenvalue weighted by molar-refractivity contribution is 6.32. The van der Waals surface area contributed by atoms with Crippen molar-refractivity contribution >= 4 is 17.9 Å². The number of halogens is 1. The summed E-state index contributed by atoms with van der Waals surface area (Å²) in [4.78, 5) is 11.4. The monoisotopic (exact) mass is 302 g/mol. The Morgan fingerprint density at radius 2 is 1.81 bits per heavy atom. The standard InChI is InChI=1S/C17H19ClN2O/c1-11-7-12(2)9-14(8-11)20-17(18)15(10-21)16(19-20)13-5-3-4-6-13/h7-10,13H,3-6H2,1-2H3. The van der Waals surface area contributed by atoms with Crippen molar-refractivity contribution in [2.75, 3.05) is 0 Å². The quantitative estimate of drug-likeness (QED) is 0.776. The van der Waals surface area contributed by atoms with E-state index in [-0.39, 0.29) is 0 Å². The Morgan fingerprint density at radius 1 is 1.19 bits per heavy atom. The first-order chi connectivity index (χ1) is 10.1. The number of aromatic nitrogens is 2. The lowest BCUT2D eigenvalue weighted by Gasteiger charge is -2.07. The largest absolute Gasteiger partial charge is 0.298 e. The van der Waals surface area contributed by atoms with E-state index in [1.54, 1.807) is 4.68 Å². The molecule has 1 heterocycles. The van der Waals surface area contributed by atoms with Gasteiger partial charge >= 0.3 is 0 Å². The molecule has 21 heavy (non-hydrogen) atoms. The third-order valence-electron chi connectivity index (χ3n) is 4.20. The highest BCUT2D eigenvalue weighted by atomic mass is 35.5. The molecular weight excluding hydrogens is 284 g/mol. The molecule has 110 valence electrons. The lowest BCUT2D eigenvalue weighted by molar-refractivity contribution is 0.112. The van der Waals surface area contributed by atoms with Gasteiger partial charge in [-0.3, -0.25) is 4.79 Å². The second kappa shape index (κ2) is 5.64. The Kier molecular flexibility index (Phi) is 3.85. The van der Waals surface area contributed by atoms with Crippen LogP contribution in [-0.2, 0) is 0 Å². The summed E-state index contributed by atoms with van der Waals surface area (Å²) in [7, 11) is 0. The average molecular weight is 303 g/mol. The molecule has 3 nitrogen and oxygen atoms in total. The van der Waals surface area contributed by atoms with Crippen LogP contribution in [0.15, 0.2) is 18.2 Å². The van der Waals surface area contributed by atoms with Gasteiger partial charge in [0.15, 0.2) is 6.29 Å². The highest BCUT2D eigenvalue weighted by Gasteiger charge is 2.26. The lowest BCUT2D eigenvalue weighted by Crippen LogP contribution is -2.00. The zero-order valence-electron chi connectivity index (χ0n) is 12.4. The molecule has 1 saturated carbocycles. The van der Waals surface area contributed by atoms with Crippen LogP contribution in [0.5, 0.6) is 0 Å². The zero-order chi connectivity index (χ0) is 15.0. The molecule has 3 rings (SSSR count). The summed E-state index contributed by atoms with van der Waals surface area (Å²) < 4.78 is 1.71. The van der Waals surface area contributed by atoms with Crippen molar-refractivity contribution < 1.29 is 4.79 Å². The zero-order valence-corrected chi connectivity index (χ0v) is 13.2. The second-order valence-corrected chi connectivity index (χ2v) is 6.30. The normalized spacial score (nSPS) is 15.6. The van der Waals surface area contributed by atoms with Crippen LogP contribution in [0.3, 0.4) is 0 Å². The van der Waals surface area contributed by atoms with Gasteiger partial charge in [0.2, 0.25) is 0 Å². The number of benzene rings is 1. The van der Waals surface area contributed by atoms with Crippen LogP contribution in [0, 0.1) is 13.8 Å². The lowest BCUT2D eigenvalue weighted by atomic mass is 10.0. The van der Waals surface area contributed by atoms with Gasteiger partial charge < -0.3 is 0 Å². The van der Waals surface area contributed by atoms with Crippen LogP contribution in [0.4, 0.5) is 0 Å². The summed E-state index contributed by atoms with van der Waals surface area (Å²) in [5, 5.41) is 5.10. The third kappa shape index (κ3) is 2.62. The van der Waals surface area contributed by atoms with Crippen LogP contribution >= 0.6 is 11.6 Å². The predicted molar refractivity (Wildman–Crippen MR) is 84.6 cm³/mol. The fraction of sp³-hybridized carbons (Fsp3) is 0.412. The summed E-state index contributed by atoms with van der Waals surface area (Å²) in [6, 6.07) is 6.19. The smallest absolute Gasteiger partial charge is 0.155 e. The van der Waals surface area contributed by atoms with E-state index in [4.69, 9.17) is 11.6 Å². The van der Waals surface area contributed by atoms with Gasteiger partial charge in [-0.25, -0.2) is 4.68 Å². The molecule has 0 amide bonds. The fourth-order valence-corrected chi connectivity index (χ4v) is 3.56. The van der Waals surface area contributed by atoms with Gasteiger partial charge in [0.1, 0.15) is 5.15 Å². The van der Waals surface area contributed by atoms with E-state index in [0.717, 1.165) is 41.6 Å². The SMILES string of the molecule is Cc1cc(C)cc(-n2nc(C3CCCC3)c(C=O)c2Cl)c1. The van der Waals surface area contributed by atoms with Crippen molar-refractivity contribution in [2.45, 2.75) is 45.4 Å². The van der Waals surface area contributed by atoms with Crippen molar-refractivity contribution in [3.05, 3.63) is 45.7 Å². The summed E-state index contributed by atoms with van der Waals surface area (Å²) in [5.74, 6) is 0.370. The first-order valence-electron chi connectivity index (χ1n) is 7.42. The number of carbonyl (C=O) groups is 1. The van der Waals surface area contributed by atoms with Crippen LogP contribution in [0.25, 0.3) is 5.69 Å². The van der Waals surface area contributed by atoms with Crippen molar-refractivity contribution in [1.29, 1.82) is 0 Å². The molecule has 0 radical (unpaired) electrons. The Morgan fingerprint density at radius 3 is 2.38 bits per heavy atom. The van der Waals surface area contributed by atoms with Crippen molar-refractivity contribution in [1.82, 2.24) is 9.78 Å². The molecule has 1 aromatic heterocycles. The van der Waals surface area contributed by atoms with Gasteiger partial charge in [-0.2, -0.15) is 5.10 Å². The van der Waals surface area contributed by atoms with E-state index in [0.29, 0.717) is 16.6 Å². The maximum Gasteiger partial charge on any atom is 0.155 e. The summed E-state index contributed by atoms with van der Waals surface area (Å²) >= 11 is 6.42. The molecule has 0 aliphatic heterocycles. The van der Waals surface area contributed by atoms with E-state index in [9.17, 15) is 4.79 Å². The second-order valence-electron chi connectivity index (χ2n) is 5.95. The predicted octanol–water partition coefficient (Wildman–Crippen LogP) is 4.61. The molecule has 2 aromatic rings. The van der Waals surface area contributed by atoms with Crippen LogP contribution in [0.1, 0.15) is 58.8 Å². The minimum atomic E-state index is 0.370. The number of rotatable bonds is 3. The topological polar surface area (TPSA) is 34.9 Å². The number of hydrogen-bond donors (Lipinski definition) is 0. The molecule has 0 unspecified atom stereocenters. The van der Waals surface area contributed by atoms with E-state index in [1.165, 1.54) is 12.8 Å². The Labute approximate surface area is 129 Å². The minimum Gasteiger partial charge on any atom is -0.298 e. The number of hydrogen-bond acceptors (Lipinski definition) is 2. The summed E-state index contributed by atoms with van der Waals surface area (Å²) in [5.41, 5.74) is 4.66. The maximum absolute atomic E-state index is 11.4. The molecule has 0 bridgehead atoms. The molecule has 0 spiro atoms. The first-order valence-corrected chi connectivity index (χ1v) is 7.80. The Bertz CT molecular complexity index is 664. The van der Waals surface area contributed by atoms with Crippen molar-refractivity contribution in [2.24, 2.45) is 0 Å². The van der Waals surface area contributed by atoms with E-state index >= 15 is 0 Å². The van der Waals surface area contributed by atoms with Gasteiger partial charge in [0.05, 0.1) is 16.9 Å². The molecule has 0 atom stereocenters. The average Bonchev–Trinajstić information content (AvgIpc) is 3.04. The molecule has 1 aliphatic rings. The van der Waals surface area contributed by atoms with Gasteiger partial charge in [-0.15, -0.1) is 0 Å². The molecule has 1 aromatic carbocycles. The first kappa shape index (κ1) is 14.3. The van der Waals surface area contributed by atoms with Crippen LogP contribution in [0.2, 0.25) is 5.15 Å². The van der Waals surface area contributed by atoms with Crippen LogP contribution in [-0.4, -0.2) is 16.1 Å². The van der Waals surface area contributed by atoms with Crippen molar-refractivity contribution in [3.8, 4) is 5.69 Å². The van der Waals surface area contributed by atoms with Crippen molar-refractivity contribution in [3.63, 3.8) is 0 Å². The molecule has 0 saturated heterocycles. The number of aryl methyl sites for hydroxylation is 2. The summed E-state index contributed by atoms with van der Waals surface area (Å²) in [6.07, 6.45) is 5.46. The van der Waals surface area contributed by atoms with Gasteiger partial charge in [0, 0.05) is 5.92 Å². The van der Waals surface area contributed by atoms with E-state index in [1.807, 2.05) is 26.0 Å². The fourth-order valence-electron chi connectivity index (χ4n) is 3.28. The van der Waals surface area contributed by atoms with Gasteiger partial charge in [-0.05, 0) is 49.9 Å². The van der Waals surface area contributed by atoms with Gasteiger partial charge in [0.25, 0.3) is 0 Å². The molecule has 0 N–H and O–H groups in total. The number of carbonyl (C=O) groups excluding carboxylic acids is 1. The van der Waals surface area contributed by atoms with E-state index < -0.39 is 0 Å². The van der Waals surface area contributed by atoms with E-state index in [2.05, 4.69) is 11.2 Å². The molecule has 1 fully saturated rings. The van der Waals surface area contributed by atoms with Gasteiger partial charge in [-0.1, -0.05) is 30.5 Å². The maximum atomic E-state index is 11.4. The number of aldehydes is 1. The third-order valence-corrected chi connectivity index (χ3v) is 4.57.